The van der Waals surface area contributed by atoms with Crippen molar-refractivity contribution < 1.29 is 18.7 Å². The minimum absolute atomic E-state index is 0.138. The van der Waals surface area contributed by atoms with E-state index in [4.69, 9.17) is 19.6 Å². The number of aryl methyl sites for hydroxylation is 1. The zero-order valence-electron chi connectivity index (χ0n) is 8.37. The third kappa shape index (κ3) is 1.94. The minimum Gasteiger partial charge on any atom is -0.450 e. The Morgan fingerprint density at radius 2 is 2.07 bits per heavy atom. The fourth-order valence-corrected chi connectivity index (χ4v) is 1.20. The highest BCUT2D eigenvalue weighted by atomic mass is 16.7. The summed E-state index contributed by atoms with van der Waals surface area (Å²) in [4.78, 5) is 10.9. The van der Waals surface area contributed by atoms with Gasteiger partial charge in [-0.25, -0.2) is 0 Å². The summed E-state index contributed by atoms with van der Waals surface area (Å²) in [6.07, 6.45) is -0.609. The van der Waals surface area contributed by atoms with Gasteiger partial charge in [0.05, 0.1) is 0 Å². The van der Waals surface area contributed by atoms with E-state index in [0.717, 1.165) is 0 Å². The van der Waals surface area contributed by atoms with Crippen LogP contribution < -0.4 is 5.73 Å². The lowest BCUT2D eigenvalue weighted by atomic mass is 10.2. The van der Waals surface area contributed by atoms with Crippen LogP contribution in [0.15, 0.2) is 10.5 Å². The van der Waals surface area contributed by atoms with Gasteiger partial charge < -0.3 is 19.6 Å². The Bertz CT molecular complexity index is 328. The SMILES string of the molecule is COC(OC)c1cc(C)c(C(N)=O)o1. The van der Waals surface area contributed by atoms with Crippen LogP contribution in [0.3, 0.4) is 0 Å². The first-order valence-electron chi connectivity index (χ1n) is 4.05. The van der Waals surface area contributed by atoms with Crippen LogP contribution in [0, 0.1) is 6.92 Å². The van der Waals surface area contributed by atoms with Crippen LogP contribution in [-0.2, 0) is 9.47 Å². The molecule has 78 valence electrons. The highest BCUT2D eigenvalue weighted by Crippen LogP contribution is 2.23. The molecule has 5 heteroatoms. The maximum absolute atomic E-state index is 10.9. The van der Waals surface area contributed by atoms with Crippen molar-refractivity contribution in [3.63, 3.8) is 0 Å². The van der Waals surface area contributed by atoms with Gasteiger partial charge in [0.25, 0.3) is 5.91 Å². The predicted molar refractivity (Wildman–Crippen MR) is 48.7 cm³/mol. The Hall–Kier alpha value is -1.33. The molecule has 2 N–H and O–H groups in total. The second-order valence-corrected chi connectivity index (χ2v) is 2.83. The van der Waals surface area contributed by atoms with Crippen LogP contribution in [0.25, 0.3) is 0 Å². The first-order valence-corrected chi connectivity index (χ1v) is 4.05. The largest absolute Gasteiger partial charge is 0.450 e. The molecule has 0 aromatic carbocycles. The summed E-state index contributed by atoms with van der Waals surface area (Å²) in [5, 5.41) is 0. The first kappa shape index (κ1) is 10.7. The van der Waals surface area contributed by atoms with Crippen molar-refractivity contribution in [2.45, 2.75) is 13.2 Å². The van der Waals surface area contributed by atoms with Crippen LogP contribution in [0.5, 0.6) is 0 Å². The molecule has 14 heavy (non-hydrogen) atoms. The lowest BCUT2D eigenvalue weighted by Crippen LogP contribution is -2.11. The average Bonchev–Trinajstić information content (AvgIpc) is 2.50. The molecule has 0 radical (unpaired) electrons. The quantitative estimate of drug-likeness (QED) is 0.733. The van der Waals surface area contributed by atoms with Gasteiger partial charge in [-0.2, -0.15) is 0 Å². The fraction of sp³-hybridized carbons (Fsp3) is 0.444. The van der Waals surface area contributed by atoms with Crippen LogP contribution >= 0.6 is 0 Å². The summed E-state index contributed by atoms with van der Waals surface area (Å²) in [5.41, 5.74) is 5.77. The topological polar surface area (TPSA) is 74.7 Å². The van der Waals surface area contributed by atoms with E-state index in [1.165, 1.54) is 14.2 Å². The number of methoxy groups -OCH3 is 2. The number of hydrogen-bond acceptors (Lipinski definition) is 4. The second-order valence-electron chi connectivity index (χ2n) is 2.83. The maximum atomic E-state index is 10.9. The molecule has 0 unspecified atom stereocenters. The van der Waals surface area contributed by atoms with E-state index in [0.29, 0.717) is 11.3 Å². The fourth-order valence-electron chi connectivity index (χ4n) is 1.20. The van der Waals surface area contributed by atoms with Gasteiger partial charge in [0.15, 0.2) is 11.5 Å². The molecule has 5 nitrogen and oxygen atoms in total. The molecule has 0 saturated carbocycles. The van der Waals surface area contributed by atoms with Crippen molar-refractivity contribution in [2.24, 2.45) is 5.73 Å². The molecule has 1 amide bonds. The molecule has 1 aromatic heterocycles. The lowest BCUT2D eigenvalue weighted by Gasteiger charge is -2.09. The maximum Gasteiger partial charge on any atom is 0.284 e. The van der Waals surface area contributed by atoms with E-state index < -0.39 is 12.2 Å². The van der Waals surface area contributed by atoms with Crippen LogP contribution in [-0.4, -0.2) is 20.1 Å². The molecular weight excluding hydrogens is 186 g/mol. The molecule has 0 atom stereocenters. The molecule has 0 spiro atoms. The smallest absolute Gasteiger partial charge is 0.284 e. The Balaban J connectivity index is 3.01. The Labute approximate surface area is 81.8 Å². The van der Waals surface area contributed by atoms with Crippen LogP contribution in [0.4, 0.5) is 0 Å². The summed E-state index contributed by atoms with van der Waals surface area (Å²) in [7, 11) is 2.96. The average molecular weight is 199 g/mol. The molecular formula is C9H13NO4. The third-order valence-corrected chi connectivity index (χ3v) is 1.82. The van der Waals surface area contributed by atoms with Gasteiger partial charge in [0.2, 0.25) is 6.29 Å². The summed E-state index contributed by atoms with van der Waals surface area (Å²) in [6, 6.07) is 1.66. The van der Waals surface area contributed by atoms with Crippen molar-refractivity contribution in [1.82, 2.24) is 0 Å². The standard InChI is InChI=1S/C9H13NO4/c1-5-4-6(9(12-2)13-3)14-7(5)8(10)11/h4,9H,1-3H3,(H2,10,11). The van der Waals surface area contributed by atoms with E-state index in [-0.39, 0.29) is 5.76 Å². The van der Waals surface area contributed by atoms with Gasteiger partial charge in [-0.3, -0.25) is 4.79 Å². The number of primary amides is 1. The summed E-state index contributed by atoms with van der Waals surface area (Å²) >= 11 is 0. The van der Waals surface area contributed by atoms with E-state index in [2.05, 4.69) is 0 Å². The van der Waals surface area contributed by atoms with Gasteiger partial charge in [0, 0.05) is 19.8 Å². The van der Waals surface area contributed by atoms with E-state index in [9.17, 15) is 4.79 Å². The van der Waals surface area contributed by atoms with Crippen molar-refractivity contribution in [1.29, 1.82) is 0 Å². The highest BCUT2D eigenvalue weighted by Gasteiger charge is 2.18. The van der Waals surface area contributed by atoms with Crippen molar-refractivity contribution in [2.75, 3.05) is 14.2 Å². The molecule has 1 aromatic rings. The Kier molecular flexibility index (Phi) is 3.27. The highest BCUT2D eigenvalue weighted by molar-refractivity contribution is 5.91. The van der Waals surface area contributed by atoms with Crippen molar-refractivity contribution >= 4 is 5.91 Å². The monoisotopic (exact) mass is 199 g/mol. The van der Waals surface area contributed by atoms with E-state index in [1.807, 2.05) is 0 Å². The first-order chi connectivity index (χ1) is 6.60. The van der Waals surface area contributed by atoms with Gasteiger partial charge >= 0.3 is 0 Å². The normalized spacial score (nSPS) is 10.9. The van der Waals surface area contributed by atoms with Gasteiger partial charge in [-0.05, 0) is 13.0 Å². The van der Waals surface area contributed by atoms with E-state index in [1.54, 1.807) is 13.0 Å². The molecule has 0 fully saturated rings. The van der Waals surface area contributed by atoms with Gasteiger partial charge in [0.1, 0.15) is 0 Å². The number of amides is 1. The van der Waals surface area contributed by atoms with Crippen LogP contribution in [0.1, 0.15) is 28.2 Å². The number of ether oxygens (including phenoxy) is 2. The molecule has 0 aliphatic carbocycles. The molecule has 0 bridgehead atoms. The Morgan fingerprint density at radius 3 is 2.43 bits per heavy atom. The predicted octanol–water partition coefficient (Wildman–Crippen LogP) is 0.978. The van der Waals surface area contributed by atoms with Gasteiger partial charge in [-0.15, -0.1) is 0 Å². The summed E-state index contributed by atoms with van der Waals surface area (Å²) in [5.74, 6) is -0.0277. The lowest BCUT2D eigenvalue weighted by molar-refractivity contribution is -0.118. The Morgan fingerprint density at radius 1 is 1.50 bits per heavy atom. The number of furan rings is 1. The summed E-state index contributed by atoms with van der Waals surface area (Å²) in [6.45, 7) is 1.73. The van der Waals surface area contributed by atoms with E-state index >= 15 is 0 Å². The number of rotatable bonds is 4. The minimum atomic E-state index is -0.609. The molecule has 0 aliphatic heterocycles. The zero-order chi connectivity index (χ0) is 10.7. The van der Waals surface area contributed by atoms with Crippen molar-refractivity contribution in [3.8, 4) is 0 Å². The van der Waals surface area contributed by atoms with Crippen molar-refractivity contribution in [3.05, 3.63) is 23.2 Å². The number of carbonyl (C=O) groups excluding carboxylic acids is 1. The molecule has 1 heterocycles. The molecule has 1 rings (SSSR count). The third-order valence-electron chi connectivity index (χ3n) is 1.82. The second kappa shape index (κ2) is 4.26. The molecule has 0 saturated heterocycles. The molecule has 0 aliphatic rings. The number of carbonyl (C=O) groups is 1. The zero-order valence-corrected chi connectivity index (χ0v) is 8.37. The summed E-state index contributed by atoms with van der Waals surface area (Å²) < 4.78 is 15.1. The van der Waals surface area contributed by atoms with Crippen LogP contribution in [0.2, 0.25) is 0 Å². The number of nitrogens with two attached hydrogens (primary N) is 1. The van der Waals surface area contributed by atoms with Gasteiger partial charge in [-0.1, -0.05) is 0 Å². The number of hydrogen-bond donors (Lipinski definition) is 1.